The molecule has 2 rings (SSSR count). The highest BCUT2D eigenvalue weighted by molar-refractivity contribution is 5.25. The smallest absolute Gasteiger partial charge is 0.321 e. The Bertz CT molecular complexity index is 295. The van der Waals surface area contributed by atoms with Gasteiger partial charge in [0, 0.05) is 12.0 Å². The van der Waals surface area contributed by atoms with Crippen LogP contribution in [-0.2, 0) is 0 Å². The van der Waals surface area contributed by atoms with Gasteiger partial charge in [-0.1, -0.05) is 25.9 Å². The Labute approximate surface area is 77.7 Å². The second-order valence-electron chi connectivity index (χ2n) is 4.08. The first-order valence-electron chi connectivity index (χ1n) is 4.77. The number of nitrogens with zero attached hydrogens (tertiary/aromatic N) is 2. The molecule has 72 valence electrons. The summed E-state index contributed by atoms with van der Waals surface area (Å²) >= 11 is 0. The van der Waals surface area contributed by atoms with Gasteiger partial charge in [0.2, 0.25) is 0 Å². The maximum Gasteiger partial charge on any atom is 0.321 e. The topological polar surface area (TPSA) is 51.0 Å². The second-order valence-corrected chi connectivity index (χ2v) is 4.08. The number of aromatic nitrogens is 2. The van der Waals surface area contributed by atoms with Crippen LogP contribution in [0.1, 0.15) is 38.9 Å². The van der Waals surface area contributed by atoms with E-state index in [2.05, 4.69) is 22.4 Å². The van der Waals surface area contributed by atoms with E-state index in [1.54, 1.807) is 0 Å². The largest absolute Gasteiger partial charge is 0.335 e. The molecule has 1 aliphatic rings. The van der Waals surface area contributed by atoms with Gasteiger partial charge in [-0.25, -0.2) is 0 Å². The van der Waals surface area contributed by atoms with Gasteiger partial charge in [0.15, 0.2) is 5.82 Å². The van der Waals surface area contributed by atoms with Crippen LogP contribution in [0, 0.1) is 5.92 Å². The summed E-state index contributed by atoms with van der Waals surface area (Å²) in [7, 11) is 0. The maximum absolute atomic E-state index is 5.05. The molecule has 2 unspecified atom stereocenters. The summed E-state index contributed by atoms with van der Waals surface area (Å²) in [6.07, 6.45) is 1.21. The molecular formula is C9H15N3O. The minimum Gasteiger partial charge on any atom is -0.335 e. The zero-order valence-corrected chi connectivity index (χ0v) is 8.24. The van der Waals surface area contributed by atoms with Crippen LogP contribution in [0.15, 0.2) is 4.52 Å². The van der Waals surface area contributed by atoms with Crippen molar-refractivity contribution in [3.8, 4) is 0 Å². The molecule has 0 spiro atoms. The predicted molar refractivity (Wildman–Crippen MR) is 49.6 cm³/mol. The molecule has 1 saturated carbocycles. The number of nitrogens with one attached hydrogen (secondary N) is 1. The lowest BCUT2D eigenvalue weighted by atomic mass is 10.2. The van der Waals surface area contributed by atoms with E-state index in [0.29, 0.717) is 18.0 Å². The van der Waals surface area contributed by atoms with Crippen LogP contribution >= 0.6 is 0 Å². The van der Waals surface area contributed by atoms with Crippen LogP contribution in [0.4, 0.5) is 6.01 Å². The Morgan fingerprint density at radius 2 is 2.23 bits per heavy atom. The molecule has 0 aromatic carbocycles. The average Bonchev–Trinajstić information content (AvgIpc) is 2.61. The molecule has 1 fully saturated rings. The van der Waals surface area contributed by atoms with Crippen molar-refractivity contribution in [1.82, 2.24) is 10.1 Å². The van der Waals surface area contributed by atoms with E-state index < -0.39 is 0 Å². The standard InChI is InChI=1S/C9H15N3O/c1-5(2)8-11-9(13-12-8)10-7-4-6(7)3/h5-7H,4H2,1-3H3,(H,10,11,12). The molecule has 13 heavy (non-hydrogen) atoms. The van der Waals surface area contributed by atoms with Crippen molar-refractivity contribution in [3.05, 3.63) is 5.82 Å². The van der Waals surface area contributed by atoms with E-state index in [-0.39, 0.29) is 0 Å². The van der Waals surface area contributed by atoms with Gasteiger partial charge in [-0.3, -0.25) is 0 Å². The van der Waals surface area contributed by atoms with Crippen LogP contribution < -0.4 is 5.32 Å². The fourth-order valence-electron chi connectivity index (χ4n) is 1.21. The van der Waals surface area contributed by atoms with Gasteiger partial charge in [0.05, 0.1) is 0 Å². The molecular weight excluding hydrogens is 166 g/mol. The van der Waals surface area contributed by atoms with E-state index in [1.807, 2.05) is 13.8 Å². The quantitative estimate of drug-likeness (QED) is 0.775. The molecule has 0 bridgehead atoms. The highest BCUT2D eigenvalue weighted by Gasteiger charge is 2.33. The zero-order chi connectivity index (χ0) is 9.42. The third-order valence-corrected chi connectivity index (χ3v) is 2.38. The third kappa shape index (κ3) is 1.82. The van der Waals surface area contributed by atoms with E-state index in [0.717, 1.165) is 11.7 Å². The SMILES string of the molecule is CC(C)c1noc(NC2CC2C)n1. The Hall–Kier alpha value is -1.06. The highest BCUT2D eigenvalue weighted by Crippen LogP contribution is 2.32. The Morgan fingerprint density at radius 3 is 2.69 bits per heavy atom. The van der Waals surface area contributed by atoms with Crippen molar-refractivity contribution in [2.75, 3.05) is 5.32 Å². The molecule has 0 amide bonds. The molecule has 0 radical (unpaired) electrons. The molecule has 4 heteroatoms. The molecule has 1 aliphatic carbocycles. The monoisotopic (exact) mass is 181 g/mol. The van der Waals surface area contributed by atoms with Gasteiger partial charge in [-0.2, -0.15) is 4.98 Å². The molecule has 0 saturated heterocycles. The molecule has 1 heterocycles. The summed E-state index contributed by atoms with van der Waals surface area (Å²) in [5.41, 5.74) is 0. The Kier molecular flexibility index (Phi) is 1.98. The summed E-state index contributed by atoms with van der Waals surface area (Å²) < 4.78 is 5.05. The lowest BCUT2D eigenvalue weighted by Gasteiger charge is -1.95. The minimum atomic E-state index is 0.330. The number of rotatable bonds is 3. The van der Waals surface area contributed by atoms with Gasteiger partial charge in [-0.05, 0) is 12.3 Å². The lowest BCUT2D eigenvalue weighted by Crippen LogP contribution is -2.03. The van der Waals surface area contributed by atoms with Crippen LogP contribution in [0.3, 0.4) is 0 Å². The normalized spacial score (nSPS) is 26.5. The van der Waals surface area contributed by atoms with E-state index in [4.69, 9.17) is 4.52 Å². The first-order chi connectivity index (χ1) is 6.16. The molecule has 1 aromatic rings. The molecule has 0 aliphatic heterocycles. The number of hydrogen-bond acceptors (Lipinski definition) is 4. The fraction of sp³-hybridized carbons (Fsp3) is 0.778. The molecule has 4 nitrogen and oxygen atoms in total. The summed E-state index contributed by atoms with van der Waals surface area (Å²) in [5, 5.41) is 7.07. The molecule has 1 N–H and O–H groups in total. The van der Waals surface area contributed by atoms with Gasteiger partial charge in [0.25, 0.3) is 0 Å². The van der Waals surface area contributed by atoms with Gasteiger partial charge < -0.3 is 9.84 Å². The van der Waals surface area contributed by atoms with E-state index in [9.17, 15) is 0 Å². The average molecular weight is 181 g/mol. The first kappa shape index (κ1) is 8.53. The van der Waals surface area contributed by atoms with Gasteiger partial charge in [-0.15, -0.1) is 0 Å². The van der Waals surface area contributed by atoms with E-state index >= 15 is 0 Å². The Morgan fingerprint density at radius 1 is 1.54 bits per heavy atom. The van der Waals surface area contributed by atoms with Crippen LogP contribution in [0.5, 0.6) is 0 Å². The van der Waals surface area contributed by atoms with Crippen LogP contribution in [0.2, 0.25) is 0 Å². The van der Waals surface area contributed by atoms with Crippen molar-refractivity contribution >= 4 is 6.01 Å². The van der Waals surface area contributed by atoms with E-state index in [1.165, 1.54) is 6.42 Å². The van der Waals surface area contributed by atoms with Gasteiger partial charge >= 0.3 is 6.01 Å². The summed E-state index contributed by atoms with van der Waals surface area (Å²) in [6.45, 7) is 6.31. The fourth-order valence-corrected chi connectivity index (χ4v) is 1.21. The first-order valence-corrected chi connectivity index (χ1v) is 4.77. The highest BCUT2D eigenvalue weighted by atomic mass is 16.5. The number of anilines is 1. The molecule has 2 atom stereocenters. The zero-order valence-electron chi connectivity index (χ0n) is 8.24. The molecule has 1 aromatic heterocycles. The Balaban J connectivity index is 1.97. The van der Waals surface area contributed by atoms with Crippen molar-refractivity contribution in [3.63, 3.8) is 0 Å². The van der Waals surface area contributed by atoms with Crippen molar-refractivity contribution in [1.29, 1.82) is 0 Å². The van der Waals surface area contributed by atoms with Crippen LogP contribution in [-0.4, -0.2) is 16.2 Å². The predicted octanol–water partition coefficient (Wildman–Crippen LogP) is 2.01. The van der Waals surface area contributed by atoms with Crippen molar-refractivity contribution in [2.45, 2.75) is 39.2 Å². The summed E-state index contributed by atoms with van der Waals surface area (Å²) in [5.74, 6) is 1.85. The lowest BCUT2D eigenvalue weighted by molar-refractivity contribution is 0.418. The number of hydrogen-bond donors (Lipinski definition) is 1. The van der Waals surface area contributed by atoms with Crippen molar-refractivity contribution in [2.24, 2.45) is 5.92 Å². The summed E-state index contributed by atoms with van der Waals surface area (Å²) in [6, 6.07) is 1.11. The van der Waals surface area contributed by atoms with Gasteiger partial charge in [0.1, 0.15) is 0 Å². The third-order valence-electron chi connectivity index (χ3n) is 2.38. The van der Waals surface area contributed by atoms with Crippen molar-refractivity contribution < 1.29 is 4.52 Å². The summed E-state index contributed by atoms with van der Waals surface area (Å²) in [4.78, 5) is 4.24. The minimum absolute atomic E-state index is 0.330. The maximum atomic E-state index is 5.05. The van der Waals surface area contributed by atoms with Crippen LogP contribution in [0.25, 0.3) is 0 Å². The second kappa shape index (κ2) is 3.01.